The van der Waals surface area contributed by atoms with Crippen molar-refractivity contribution in [1.82, 2.24) is 4.98 Å². The first-order valence-corrected chi connectivity index (χ1v) is 3.19. The minimum atomic E-state index is -0.511. The summed E-state index contributed by atoms with van der Waals surface area (Å²) in [5.74, 6) is -0.511. The normalized spacial score (nSPS) is 8.67. The Labute approximate surface area is 69.6 Å². The van der Waals surface area contributed by atoms with Gasteiger partial charge in [-0.1, -0.05) is 0 Å². The number of esters is 1. The summed E-state index contributed by atoms with van der Waals surface area (Å²) in [7, 11) is 1.27. The number of hydrogen-bond acceptors (Lipinski definition) is 3. The molecule has 0 aliphatic carbocycles. The van der Waals surface area contributed by atoms with Crippen LogP contribution in [0.2, 0.25) is 0 Å². The van der Waals surface area contributed by atoms with Crippen LogP contribution >= 0.6 is 0 Å². The predicted octanol–water partition coefficient (Wildman–Crippen LogP) is 1.42. The molecule has 0 saturated carbocycles. The highest BCUT2D eigenvalue weighted by atomic mass is 16.5. The van der Waals surface area contributed by atoms with Crippen molar-refractivity contribution in [2.24, 2.45) is 0 Å². The SMILES string of the molecule is [C-]#[N+]c1cnccc1C(=O)OC. The van der Waals surface area contributed by atoms with Gasteiger partial charge in [-0.2, -0.15) is 0 Å². The summed E-state index contributed by atoms with van der Waals surface area (Å²) in [6.07, 6.45) is 2.78. The molecule has 60 valence electrons. The fourth-order valence-corrected chi connectivity index (χ4v) is 0.758. The Morgan fingerprint density at radius 2 is 2.50 bits per heavy atom. The number of hydrogen-bond donors (Lipinski definition) is 0. The number of carbonyl (C=O) groups is 1. The van der Waals surface area contributed by atoms with Crippen molar-refractivity contribution >= 4 is 11.7 Å². The van der Waals surface area contributed by atoms with Gasteiger partial charge >= 0.3 is 5.97 Å². The Balaban J connectivity index is 3.16. The largest absolute Gasteiger partial charge is 0.466 e. The molecule has 0 aliphatic rings. The van der Waals surface area contributed by atoms with E-state index in [0.29, 0.717) is 0 Å². The van der Waals surface area contributed by atoms with E-state index in [1.165, 1.54) is 25.6 Å². The maximum Gasteiger partial charge on any atom is 0.327 e. The van der Waals surface area contributed by atoms with Gasteiger partial charge in [0.25, 0.3) is 0 Å². The van der Waals surface area contributed by atoms with Crippen molar-refractivity contribution in [3.8, 4) is 0 Å². The molecule has 4 heteroatoms. The van der Waals surface area contributed by atoms with Crippen LogP contribution < -0.4 is 0 Å². The third kappa shape index (κ3) is 1.40. The molecule has 1 rings (SSSR count). The van der Waals surface area contributed by atoms with Crippen LogP contribution in [0.1, 0.15) is 10.4 Å². The topological polar surface area (TPSA) is 43.5 Å². The molecule has 0 aromatic carbocycles. The van der Waals surface area contributed by atoms with Crippen molar-refractivity contribution in [2.45, 2.75) is 0 Å². The van der Waals surface area contributed by atoms with Gasteiger partial charge in [-0.3, -0.25) is 4.98 Å². The summed E-state index contributed by atoms with van der Waals surface area (Å²) in [6, 6.07) is 1.46. The molecule has 0 atom stereocenters. The van der Waals surface area contributed by atoms with E-state index in [1.807, 2.05) is 0 Å². The van der Waals surface area contributed by atoms with Crippen LogP contribution in [0.3, 0.4) is 0 Å². The minimum Gasteiger partial charge on any atom is -0.466 e. The fourth-order valence-electron chi connectivity index (χ4n) is 0.758. The lowest BCUT2D eigenvalue weighted by molar-refractivity contribution is 0.0602. The zero-order chi connectivity index (χ0) is 8.97. The molecule has 1 heterocycles. The Bertz CT molecular complexity index is 341. The standard InChI is InChI=1S/C8H6N2O2/c1-9-7-5-10-4-3-6(7)8(11)12-2/h3-5H,2H3. The monoisotopic (exact) mass is 162 g/mol. The van der Waals surface area contributed by atoms with Crippen LogP contribution in [0.5, 0.6) is 0 Å². The molecular formula is C8H6N2O2. The number of ether oxygens (including phenoxy) is 1. The second-order valence-electron chi connectivity index (χ2n) is 2.00. The number of aromatic nitrogens is 1. The molecule has 0 bridgehead atoms. The zero-order valence-electron chi connectivity index (χ0n) is 6.44. The van der Waals surface area contributed by atoms with Crippen molar-refractivity contribution in [2.75, 3.05) is 7.11 Å². The van der Waals surface area contributed by atoms with Crippen molar-refractivity contribution in [1.29, 1.82) is 0 Å². The lowest BCUT2D eigenvalue weighted by Crippen LogP contribution is -2.00. The summed E-state index contributed by atoms with van der Waals surface area (Å²) < 4.78 is 4.47. The predicted molar refractivity (Wildman–Crippen MR) is 41.8 cm³/mol. The van der Waals surface area contributed by atoms with Gasteiger partial charge in [0, 0.05) is 12.4 Å². The van der Waals surface area contributed by atoms with Crippen LogP contribution in [0.15, 0.2) is 18.5 Å². The van der Waals surface area contributed by atoms with Crippen LogP contribution in [0, 0.1) is 6.57 Å². The molecule has 0 radical (unpaired) electrons. The zero-order valence-corrected chi connectivity index (χ0v) is 6.44. The third-order valence-corrected chi connectivity index (χ3v) is 1.33. The molecule has 12 heavy (non-hydrogen) atoms. The smallest absolute Gasteiger partial charge is 0.327 e. The first-order chi connectivity index (χ1) is 5.79. The van der Waals surface area contributed by atoms with E-state index in [9.17, 15) is 4.79 Å². The van der Waals surface area contributed by atoms with Gasteiger partial charge < -0.3 is 4.74 Å². The minimum absolute atomic E-state index is 0.212. The van der Waals surface area contributed by atoms with Gasteiger partial charge in [-0.15, -0.1) is 0 Å². The molecule has 0 fully saturated rings. The van der Waals surface area contributed by atoms with Crippen molar-refractivity contribution in [3.05, 3.63) is 35.4 Å². The highest BCUT2D eigenvalue weighted by Gasteiger charge is 2.10. The number of nitrogens with zero attached hydrogens (tertiary/aromatic N) is 2. The van der Waals surface area contributed by atoms with Crippen LogP contribution in [-0.4, -0.2) is 18.1 Å². The Morgan fingerprint density at radius 1 is 1.75 bits per heavy atom. The fraction of sp³-hybridized carbons (Fsp3) is 0.125. The molecular weight excluding hydrogens is 156 g/mol. The maximum absolute atomic E-state index is 11.0. The molecule has 0 unspecified atom stereocenters. The number of methoxy groups -OCH3 is 1. The van der Waals surface area contributed by atoms with Crippen molar-refractivity contribution in [3.63, 3.8) is 0 Å². The molecule has 0 amide bonds. The second kappa shape index (κ2) is 3.49. The van der Waals surface area contributed by atoms with Crippen LogP contribution in [0.25, 0.3) is 4.85 Å². The van der Waals surface area contributed by atoms with Gasteiger partial charge in [0.15, 0.2) is 0 Å². The Hall–Kier alpha value is -1.89. The lowest BCUT2D eigenvalue weighted by Gasteiger charge is -1.99. The first-order valence-electron chi connectivity index (χ1n) is 3.19. The van der Waals surface area contributed by atoms with E-state index in [-0.39, 0.29) is 11.3 Å². The first kappa shape index (κ1) is 8.21. The van der Waals surface area contributed by atoms with E-state index in [4.69, 9.17) is 6.57 Å². The molecule has 1 aromatic rings. The molecule has 0 saturated heterocycles. The van der Waals surface area contributed by atoms with E-state index >= 15 is 0 Å². The molecule has 4 nitrogen and oxygen atoms in total. The Kier molecular flexibility index (Phi) is 2.38. The molecule has 0 spiro atoms. The quantitative estimate of drug-likeness (QED) is 0.463. The van der Waals surface area contributed by atoms with E-state index in [2.05, 4.69) is 14.6 Å². The molecule has 0 aliphatic heterocycles. The van der Waals surface area contributed by atoms with Crippen molar-refractivity contribution < 1.29 is 9.53 Å². The van der Waals surface area contributed by atoms with Gasteiger partial charge in [0.1, 0.15) is 0 Å². The number of rotatable bonds is 1. The summed E-state index contributed by atoms with van der Waals surface area (Å²) in [5, 5.41) is 0. The summed E-state index contributed by atoms with van der Waals surface area (Å²) in [4.78, 5) is 17.8. The average Bonchev–Trinajstić information content (AvgIpc) is 2.16. The number of pyridine rings is 1. The highest BCUT2D eigenvalue weighted by molar-refractivity contribution is 5.95. The van der Waals surface area contributed by atoms with E-state index in [1.54, 1.807) is 0 Å². The maximum atomic E-state index is 11.0. The lowest BCUT2D eigenvalue weighted by atomic mass is 10.2. The van der Waals surface area contributed by atoms with Crippen LogP contribution in [0.4, 0.5) is 5.69 Å². The van der Waals surface area contributed by atoms with Gasteiger partial charge in [0.05, 0.1) is 19.2 Å². The third-order valence-electron chi connectivity index (χ3n) is 1.33. The summed E-state index contributed by atoms with van der Waals surface area (Å²) in [5.41, 5.74) is 0.465. The molecule has 1 aromatic heterocycles. The van der Waals surface area contributed by atoms with Gasteiger partial charge in [-0.05, 0) is 6.07 Å². The van der Waals surface area contributed by atoms with Crippen LogP contribution in [-0.2, 0) is 4.74 Å². The van der Waals surface area contributed by atoms with Gasteiger partial charge in [0.2, 0.25) is 5.69 Å². The van der Waals surface area contributed by atoms with Gasteiger partial charge in [-0.25, -0.2) is 9.64 Å². The number of carbonyl (C=O) groups excluding carboxylic acids is 1. The molecule has 0 N–H and O–H groups in total. The summed E-state index contributed by atoms with van der Waals surface area (Å²) >= 11 is 0. The Morgan fingerprint density at radius 3 is 3.08 bits per heavy atom. The average molecular weight is 162 g/mol. The van der Waals surface area contributed by atoms with E-state index < -0.39 is 5.97 Å². The highest BCUT2D eigenvalue weighted by Crippen LogP contribution is 2.17. The van der Waals surface area contributed by atoms with E-state index in [0.717, 1.165) is 0 Å². The second-order valence-corrected chi connectivity index (χ2v) is 2.00. The summed E-state index contributed by atoms with van der Waals surface area (Å²) in [6.45, 7) is 6.73.